The minimum absolute atomic E-state index is 0.229. The fourth-order valence-electron chi connectivity index (χ4n) is 0.628. The molecule has 3 N–H and O–H groups in total. The highest BCUT2D eigenvalue weighted by Gasteiger charge is 2.44. The van der Waals surface area contributed by atoms with Crippen molar-refractivity contribution in [2.24, 2.45) is 0 Å². The third kappa shape index (κ3) is 1.25. The van der Waals surface area contributed by atoms with Gasteiger partial charge < -0.3 is 0 Å². The van der Waals surface area contributed by atoms with Gasteiger partial charge in [0.25, 0.3) is 19.3 Å². The molecule has 0 atom stereocenters. The number of nitrogens with one attached hydrogen (secondary N) is 3. The Morgan fingerprint density at radius 3 is 1.11 bits per heavy atom. The molecule has 0 bridgehead atoms. The molecule has 0 aromatic carbocycles. The van der Waals surface area contributed by atoms with Crippen LogP contribution in [-0.2, 0) is 0 Å². The normalized spacial score (nSPS) is 18.0. The third-order valence-electron chi connectivity index (χ3n) is 0.933. The van der Waals surface area contributed by atoms with Gasteiger partial charge >= 0.3 is 17.1 Å². The van der Waals surface area contributed by atoms with E-state index >= 15 is 0 Å². The molecule has 0 amide bonds. The highest BCUT2D eigenvalue weighted by Crippen LogP contribution is 2.04. The molecule has 1 saturated carbocycles. The van der Waals surface area contributed by atoms with Crippen LogP contribution in [0.2, 0.25) is 0 Å². The maximum atomic E-state index is 7.04. The lowest BCUT2D eigenvalue weighted by Gasteiger charge is -1.82. The van der Waals surface area contributed by atoms with E-state index in [2.05, 4.69) is 0 Å². The summed E-state index contributed by atoms with van der Waals surface area (Å²) in [5.74, 6) is 0. The summed E-state index contributed by atoms with van der Waals surface area (Å²) in [4.78, 5) is 0. The first kappa shape index (κ1) is 5.75. The molecule has 9 heavy (non-hydrogen) atoms. The van der Waals surface area contributed by atoms with Crippen LogP contribution in [0, 0.1) is 35.5 Å². The lowest BCUT2D eigenvalue weighted by atomic mass is 9.95. The number of hydrogen-bond donors (Lipinski definition) is 3. The Morgan fingerprint density at radius 2 is 0.889 bits per heavy atom. The molecule has 1 fully saturated rings. The molecule has 0 aromatic rings. The van der Waals surface area contributed by atoms with Crippen molar-refractivity contribution in [3.05, 3.63) is 19.3 Å². The molecular weight excluding hydrogens is 114 g/mol. The van der Waals surface area contributed by atoms with Crippen LogP contribution in [0.15, 0.2) is 0 Å². The molecule has 3 nitrogen and oxygen atoms in total. The smallest absolute Gasteiger partial charge is 0.219 e. The van der Waals surface area contributed by atoms with Crippen LogP contribution >= 0.6 is 0 Å². The fourth-order valence-corrected chi connectivity index (χ4v) is 0.628. The summed E-state index contributed by atoms with van der Waals surface area (Å²) in [5, 5.41) is 21.1. The van der Waals surface area contributed by atoms with Crippen LogP contribution in [0.25, 0.3) is 0 Å². The quantitative estimate of drug-likeness (QED) is 0.393. The second kappa shape index (κ2) is 1.85. The van der Waals surface area contributed by atoms with Crippen molar-refractivity contribution < 1.29 is 0 Å². The average Bonchev–Trinajstić information content (AvgIpc) is 1.59. The molecule has 1 rings (SSSR count). The molecule has 0 saturated heterocycles. The second-order valence-electron chi connectivity index (χ2n) is 1.80. The van der Waals surface area contributed by atoms with Gasteiger partial charge in [-0.2, -0.15) is 0 Å². The van der Waals surface area contributed by atoms with Crippen molar-refractivity contribution in [1.82, 2.24) is 0 Å². The van der Waals surface area contributed by atoms with Crippen LogP contribution < -0.4 is 0 Å². The van der Waals surface area contributed by atoms with Crippen molar-refractivity contribution >= 4 is 17.1 Å². The van der Waals surface area contributed by atoms with Crippen LogP contribution in [0.1, 0.15) is 0 Å². The first-order chi connectivity index (χ1) is 4.18. The van der Waals surface area contributed by atoms with E-state index in [0.717, 1.165) is 0 Å². The lowest BCUT2D eigenvalue weighted by Crippen LogP contribution is -2.23. The van der Waals surface area contributed by atoms with E-state index < -0.39 is 0 Å². The zero-order chi connectivity index (χ0) is 6.85. The van der Waals surface area contributed by atoms with Gasteiger partial charge in [-0.05, 0) is 0 Å². The Hall–Kier alpha value is -1.38. The van der Waals surface area contributed by atoms with Crippen molar-refractivity contribution in [2.75, 3.05) is 0 Å². The number of hydrogen-bond acceptors (Lipinski definition) is 3. The summed E-state index contributed by atoms with van der Waals surface area (Å²) in [5.41, 5.74) is 0.688. The molecule has 1 aliphatic carbocycles. The van der Waals surface area contributed by atoms with Gasteiger partial charge in [0.2, 0.25) is 0 Å². The Morgan fingerprint density at radius 1 is 0.667 bits per heavy atom. The topological polar surface area (TPSA) is 71.6 Å². The standard InChI is InChI=1S/C6H6N3/c7-4-1-5(8)3-6(9)2-4/h1-3,7-9H/q+3. The van der Waals surface area contributed by atoms with Gasteiger partial charge in [-0.3, -0.25) is 0 Å². The van der Waals surface area contributed by atoms with E-state index in [9.17, 15) is 0 Å². The van der Waals surface area contributed by atoms with E-state index in [0.29, 0.717) is 0 Å². The van der Waals surface area contributed by atoms with E-state index in [4.69, 9.17) is 16.2 Å². The molecule has 0 spiro atoms. The largest absolute Gasteiger partial charge is 0.392 e. The first-order valence-electron chi connectivity index (χ1n) is 2.48. The van der Waals surface area contributed by atoms with Gasteiger partial charge in [-0.1, -0.05) is 0 Å². The zero-order valence-corrected chi connectivity index (χ0v) is 4.73. The predicted octanol–water partition coefficient (Wildman–Crippen LogP) is 0.672. The molecular formula is C6H6N3+3. The van der Waals surface area contributed by atoms with E-state index in [1.165, 1.54) is 19.3 Å². The minimum atomic E-state index is 0.229. The van der Waals surface area contributed by atoms with Crippen LogP contribution in [0.5, 0.6) is 0 Å². The van der Waals surface area contributed by atoms with Gasteiger partial charge in [0, 0.05) is 0 Å². The second-order valence-corrected chi connectivity index (χ2v) is 1.80. The summed E-state index contributed by atoms with van der Waals surface area (Å²) in [6, 6.07) is 0. The Balaban J connectivity index is 2.64. The summed E-state index contributed by atoms with van der Waals surface area (Å²) >= 11 is 0. The van der Waals surface area contributed by atoms with Crippen LogP contribution in [0.3, 0.4) is 0 Å². The molecule has 0 radical (unpaired) electrons. The minimum Gasteiger partial charge on any atom is -0.219 e. The molecule has 1 aliphatic rings. The summed E-state index contributed by atoms with van der Waals surface area (Å²) < 4.78 is 0. The summed E-state index contributed by atoms with van der Waals surface area (Å²) in [7, 11) is 0. The molecule has 3 heteroatoms. The first-order valence-corrected chi connectivity index (χ1v) is 2.48. The Labute approximate surface area is 53.6 Å². The number of rotatable bonds is 0. The van der Waals surface area contributed by atoms with Crippen molar-refractivity contribution in [1.29, 1.82) is 16.2 Å². The Kier molecular flexibility index (Phi) is 1.18. The van der Waals surface area contributed by atoms with Gasteiger partial charge in [0.1, 0.15) is 0 Å². The average molecular weight is 120 g/mol. The van der Waals surface area contributed by atoms with Crippen LogP contribution in [0.4, 0.5) is 0 Å². The maximum Gasteiger partial charge on any atom is 0.392 e. The zero-order valence-electron chi connectivity index (χ0n) is 4.73. The molecule has 42 valence electrons. The third-order valence-corrected chi connectivity index (χ3v) is 0.933. The van der Waals surface area contributed by atoms with Crippen molar-refractivity contribution in [3.63, 3.8) is 0 Å². The molecule has 0 aliphatic heterocycles. The monoisotopic (exact) mass is 120 g/mol. The Bertz CT molecular complexity index is 135. The highest BCUT2D eigenvalue weighted by molar-refractivity contribution is 6.39. The predicted molar refractivity (Wildman–Crippen MR) is 36.1 cm³/mol. The molecule has 0 aromatic heterocycles. The SMILES string of the molecule is N=C1[CH+]C(=N)[CH+]C(=N)[CH+]1. The van der Waals surface area contributed by atoms with Gasteiger partial charge in [-0.25, -0.2) is 16.2 Å². The van der Waals surface area contributed by atoms with Gasteiger partial charge in [0.15, 0.2) is 0 Å². The lowest BCUT2D eigenvalue weighted by molar-refractivity contribution is 1.41. The molecule has 0 unspecified atom stereocenters. The summed E-state index contributed by atoms with van der Waals surface area (Å²) in [6.07, 6.45) is 4.20. The highest BCUT2D eigenvalue weighted by atomic mass is 14.5. The van der Waals surface area contributed by atoms with Crippen LogP contribution in [-0.4, -0.2) is 17.1 Å². The summed E-state index contributed by atoms with van der Waals surface area (Å²) in [6.45, 7) is 0. The van der Waals surface area contributed by atoms with Gasteiger partial charge in [-0.15, -0.1) is 0 Å². The van der Waals surface area contributed by atoms with E-state index in [1.54, 1.807) is 0 Å². The van der Waals surface area contributed by atoms with Crippen molar-refractivity contribution in [3.8, 4) is 0 Å². The van der Waals surface area contributed by atoms with Crippen molar-refractivity contribution in [2.45, 2.75) is 0 Å². The van der Waals surface area contributed by atoms with E-state index in [1.807, 2.05) is 0 Å². The van der Waals surface area contributed by atoms with E-state index in [-0.39, 0.29) is 17.1 Å². The fraction of sp³-hybridized carbons (Fsp3) is 0. The maximum absolute atomic E-state index is 7.04. The van der Waals surface area contributed by atoms with Gasteiger partial charge in [0.05, 0.1) is 0 Å². The molecule has 0 heterocycles.